The first-order valence-corrected chi connectivity index (χ1v) is 6.66. The summed E-state index contributed by atoms with van der Waals surface area (Å²) in [5, 5.41) is 4.27. The molecule has 0 fully saturated rings. The van der Waals surface area contributed by atoms with Crippen LogP contribution >= 0.6 is 0 Å². The summed E-state index contributed by atoms with van der Waals surface area (Å²) < 4.78 is 14.7. The van der Waals surface area contributed by atoms with Crippen molar-refractivity contribution < 1.29 is 9.18 Å². The number of halogens is 1. The Labute approximate surface area is 117 Å². The van der Waals surface area contributed by atoms with E-state index in [2.05, 4.69) is 5.10 Å². The van der Waals surface area contributed by atoms with Crippen molar-refractivity contribution in [3.63, 3.8) is 0 Å². The third-order valence-electron chi connectivity index (χ3n) is 3.33. The number of rotatable bonds is 4. The second-order valence-electron chi connectivity index (χ2n) is 4.57. The Morgan fingerprint density at radius 3 is 2.50 bits per heavy atom. The summed E-state index contributed by atoms with van der Waals surface area (Å²) in [4.78, 5) is 13.9. The van der Waals surface area contributed by atoms with Crippen molar-refractivity contribution in [3.05, 3.63) is 47.5 Å². The van der Waals surface area contributed by atoms with Gasteiger partial charge < -0.3 is 4.90 Å². The predicted molar refractivity (Wildman–Crippen MR) is 75.5 cm³/mol. The van der Waals surface area contributed by atoms with Gasteiger partial charge in [0.05, 0.1) is 23.1 Å². The van der Waals surface area contributed by atoms with Crippen LogP contribution in [0.4, 0.5) is 4.39 Å². The van der Waals surface area contributed by atoms with Crippen LogP contribution in [0.1, 0.15) is 29.9 Å². The zero-order valence-corrected chi connectivity index (χ0v) is 11.9. The molecule has 0 aliphatic heterocycles. The van der Waals surface area contributed by atoms with E-state index >= 15 is 0 Å². The van der Waals surface area contributed by atoms with Crippen molar-refractivity contribution in [1.29, 1.82) is 0 Å². The van der Waals surface area contributed by atoms with E-state index in [-0.39, 0.29) is 11.7 Å². The molecular weight excluding hydrogens is 257 g/mol. The number of amides is 1. The molecule has 106 valence electrons. The number of carbonyl (C=O) groups excluding carboxylic acids is 1. The lowest BCUT2D eigenvalue weighted by molar-refractivity contribution is 0.0801. The maximum Gasteiger partial charge on any atom is 0.257 e. The minimum absolute atomic E-state index is 0.0438. The SMILES string of the molecule is CCc1c(C(=O)N(C)CC)cnn1-c1ccc(F)cc1. The molecule has 0 N–H and O–H groups in total. The largest absolute Gasteiger partial charge is 0.342 e. The summed E-state index contributed by atoms with van der Waals surface area (Å²) in [7, 11) is 1.76. The summed E-state index contributed by atoms with van der Waals surface area (Å²) in [6.45, 7) is 4.54. The Morgan fingerprint density at radius 1 is 1.30 bits per heavy atom. The highest BCUT2D eigenvalue weighted by Gasteiger charge is 2.19. The number of hydrogen-bond donors (Lipinski definition) is 0. The van der Waals surface area contributed by atoms with Crippen molar-refractivity contribution in [3.8, 4) is 5.69 Å². The number of benzene rings is 1. The van der Waals surface area contributed by atoms with Crippen LogP contribution in [-0.4, -0.2) is 34.2 Å². The molecule has 4 nitrogen and oxygen atoms in total. The Morgan fingerprint density at radius 2 is 1.95 bits per heavy atom. The molecule has 0 saturated heterocycles. The summed E-state index contributed by atoms with van der Waals surface area (Å²) in [6.07, 6.45) is 2.26. The van der Waals surface area contributed by atoms with Gasteiger partial charge in [0.25, 0.3) is 5.91 Å². The van der Waals surface area contributed by atoms with E-state index in [1.807, 2.05) is 13.8 Å². The van der Waals surface area contributed by atoms with Crippen molar-refractivity contribution in [1.82, 2.24) is 14.7 Å². The fourth-order valence-corrected chi connectivity index (χ4v) is 2.05. The molecule has 20 heavy (non-hydrogen) atoms. The third-order valence-corrected chi connectivity index (χ3v) is 3.33. The van der Waals surface area contributed by atoms with Crippen molar-refractivity contribution in [2.75, 3.05) is 13.6 Å². The Hall–Kier alpha value is -2.17. The molecule has 0 bridgehead atoms. The second-order valence-corrected chi connectivity index (χ2v) is 4.57. The van der Waals surface area contributed by atoms with Gasteiger partial charge in [0.15, 0.2) is 0 Å². The highest BCUT2D eigenvalue weighted by atomic mass is 19.1. The van der Waals surface area contributed by atoms with E-state index < -0.39 is 0 Å². The maximum atomic E-state index is 13.0. The van der Waals surface area contributed by atoms with Gasteiger partial charge in [0.2, 0.25) is 0 Å². The van der Waals surface area contributed by atoms with Gasteiger partial charge in [-0.2, -0.15) is 5.10 Å². The zero-order chi connectivity index (χ0) is 14.7. The monoisotopic (exact) mass is 275 g/mol. The maximum absolute atomic E-state index is 13.0. The van der Waals surface area contributed by atoms with Crippen LogP contribution < -0.4 is 0 Å². The minimum Gasteiger partial charge on any atom is -0.342 e. The molecule has 0 saturated carbocycles. The molecule has 1 aromatic carbocycles. The van der Waals surface area contributed by atoms with Gasteiger partial charge >= 0.3 is 0 Å². The zero-order valence-electron chi connectivity index (χ0n) is 11.9. The normalized spacial score (nSPS) is 10.6. The average molecular weight is 275 g/mol. The first-order valence-electron chi connectivity index (χ1n) is 6.66. The number of nitrogens with zero attached hydrogens (tertiary/aromatic N) is 3. The molecule has 2 rings (SSSR count). The van der Waals surface area contributed by atoms with Gasteiger partial charge in [-0.3, -0.25) is 4.79 Å². The topological polar surface area (TPSA) is 38.1 Å². The van der Waals surface area contributed by atoms with Crippen LogP contribution in [0.5, 0.6) is 0 Å². The summed E-state index contributed by atoms with van der Waals surface area (Å²) in [5.41, 5.74) is 2.18. The first kappa shape index (κ1) is 14.2. The Balaban J connectivity index is 2.44. The lowest BCUT2D eigenvalue weighted by atomic mass is 10.1. The highest BCUT2D eigenvalue weighted by molar-refractivity contribution is 5.95. The molecule has 0 radical (unpaired) electrons. The van der Waals surface area contributed by atoms with Crippen molar-refractivity contribution >= 4 is 5.91 Å². The third kappa shape index (κ3) is 2.57. The summed E-state index contributed by atoms with van der Waals surface area (Å²) >= 11 is 0. The van der Waals surface area contributed by atoms with Gasteiger partial charge in [-0.25, -0.2) is 9.07 Å². The predicted octanol–water partition coefficient (Wildman–Crippen LogP) is 2.67. The van der Waals surface area contributed by atoms with E-state index in [9.17, 15) is 9.18 Å². The fourth-order valence-electron chi connectivity index (χ4n) is 2.05. The van der Waals surface area contributed by atoms with E-state index in [0.717, 1.165) is 11.4 Å². The Kier molecular flexibility index (Phi) is 4.17. The van der Waals surface area contributed by atoms with E-state index in [0.29, 0.717) is 18.5 Å². The lowest BCUT2D eigenvalue weighted by Crippen LogP contribution is -2.26. The van der Waals surface area contributed by atoms with Crippen LogP contribution in [0.2, 0.25) is 0 Å². The van der Waals surface area contributed by atoms with Crippen molar-refractivity contribution in [2.24, 2.45) is 0 Å². The van der Waals surface area contributed by atoms with Gasteiger partial charge in [-0.1, -0.05) is 6.92 Å². The second kappa shape index (κ2) is 5.86. The number of hydrogen-bond acceptors (Lipinski definition) is 2. The summed E-state index contributed by atoms with van der Waals surface area (Å²) in [5.74, 6) is -0.335. The smallest absolute Gasteiger partial charge is 0.257 e. The van der Waals surface area contributed by atoms with E-state index in [1.165, 1.54) is 12.1 Å². The molecule has 0 aliphatic carbocycles. The molecule has 2 aromatic rings. The number of carbonyl (C=O) groups is 1. The van der Waals surface area contributed by atoms with Gasteiger partial charge in [0.1, 0.15) is 5.82 Å². The standard InChI is InChI=1S/C15H18FN3O/c1-4-14-13(15(20)18(3)5-2)10-17-19(14)12-8-6-11(16)7-9-12/h6-10H,4-5H2,1-3H3. The van der Waals surface area contributed by atoms with Crippen LogP contribution in [-0.2, 0) is 6.42 Å². The minimum atomic E-state index is -0.291. The quantitative estimate of drug-likeness (QED) is 0.860. The molecule has 0 atom stereocenters. The fraction of sp³-hybridized carbons (Fsp3) is 0.333. The Bertz CT molecular complexity index is 604. The molecule has 1 amide bonds. The molecule has 0 aliphatic rings. The van der Waals surface area contributed by atoms with E-state index in [4.69, 9.17) is 0 Å². The number of aromatic nitrogens is 2. The van der Waals surface area contributed by atoms with Crippen LogP contribution in [0.3, 0.4) is 0 Å². The van der Waals surface area contributed by atoms with Crippen LogP contribution in [0.25, 0.3) is 5.69 Å². The molecule has 1 aromatic heterocycles. The molecule has 1 heterocycles. The lowest BCUT2D eigenvalue weighted by Gasteiger charge is -2.14. The average Bonchev–Trinajstić information content (AvgIpc) is 2.90. The van der Waals surface area contributed by atoms with Crippen LogP contribution in [0.15, 0.2) is 30.5 Å². The molecule has 0 unspecified atom stereocenters. The first-order chi connectivity index (χ1) is 9.58. The van der Waals surface area contributed by atoms with Gasteiger partial charge in [0, 0.05) is 13.6 Å². The van der Waals surface area contributed by atoms with Gasteiger partial charge in [-0.15, -0.1) is 0 Å². The molecule has 5 heteroatoms. The highest BCUT2D eigenvalue weighted by Crippen LogP contribution is 2.17. The summed E-state index contributed by atoms with van der Waals surface area (Å²) in [6, 6.07) is 6.07. The van der Waals surface area contributed by atoms with Gasteiger partial charge in [-0.05, 0) is 37.6 Å². The van der Waals surface area contributed by atoms with Crippen LogP contribution in [0, 0.1) is 5.82 Å². The molecule has 0 spiro atoms. The van der Waals surface area contributed by atoms with E-state index in [1.54, 1.807) is 35.0 Å². The molecular formula is C15H18FN3O. The van der Waals surface area contributed by atoms with Crippen molar-refractivity contribution in [2.45, 2.75) is 20.3 Å².